The number of hydrogen-bond donors (Lipinski definition) is 0. The summed E-state index contributed by atoms with van der Waals surface area (Å²) in [6.45, 7) is 8.95. The number of thiophene rings is 1. The van der Waals surface area contributed by atoms with Gasteiger partial charge in [-0.2, -0.15) is 0 Å². The number of hydrogen-bond acceptors (Lipinski definition) is 8. The second kappa shape index (κ2) is 7.78. The van der Waals surface area contributed by atoms with Crippen LogP contribution in [-0.4, -0.2) is 55.2 Å². The summed E-state index contributed by atoms with van der Waals surface area (Å²) in [5.41, 5.74) is 0.807. The summed E-state index contributed by atoms with van der Waals surface area (Å²) in [5, 5.41) is 2.74. The van der Waals surface area contributed by atoms with E-state index in [4.69, 9.17) is 0 Å². The Kier molecular flexibility index (Phi) is 5.49. The molecule has 126 valence electrons. The summed E-state index contributed by atoms with van der Waals surface area (Å²) in [5.74, 6) is 0. The molecule has 0 saturated carbocycles. The molecule has 0 bridgehead atoms. The quantitative estimate of drug-likeness (QED) is 0.768. The predicted molar refractivity (Wildman–Crippen MR) is 104 cm³/mol. The van der Waals surface area contributed by atoms with Crippen molar-refractivity contribution in [3.63, 3.8) is 0 Å². The molecule has 0 radical (unpaired) electrons. The lowest BCUT2D eigenvalue weighted by atomic mass is 10.3. The molecule has 0 spiro atoms. The highest BCUT2D eigenvalue weighted by Crippen LogP contribution is 2.23. The monoisotopic (exact) mass is 361 g/mol. The zero-order valence-corrected chi connectivity index (χ0v) is 15.1. The van der Waals surface area contributed by atoms with Crippen LogP contribution in [0.15, 0.2) is 38.5 Å². The summed E-state index contributed by atoms with van der Waals surface area (Å²) >= 11 is 2.70. The van der Waals surface area contributed by atoms with Crippen LogP contribution in [0.3, 0.4) is 0 Å². The second-order valence-electron chi connectivity index (χ2n) is 5.40. The molecule has 24 heavy (non-hydrogen) atoms. The Balaban J connectivity index is 1.63. The molecule has 6 nitrogen and oxygen atoms in total. The van der Waals surface area contributed by atoms with E-state index in [1.54, 1.807) is 18.5 Å². The fraction of sp³-hybridized carbons (Fsp3) is 0.375. The maximum atomic E-state index is 12.2. The van der Waals surface area contributed by atoms with Gasteiger partial charge < -0.3 is 4.90 Å². The maximum absolute atomic E-state index is 12.2. The number of fused-ring (bicyclic) bond motifs is 1. The molecule has 1 atom stereocenters. The molecule has 3 rings (SSSR count). The molecular weight excluding hydrogens is 342 g/mol. The van der Waals surface area contributed by atoms with Crippen LogP contribution >= 0.6 is 22.7 Å². The Morgan fingerprint density at radius 3 is 2.92 bits per heavy atom. The number of anilines is 1. The molecule has 2 aromatic rings. The summed E-state index contributed by atoms with van der Waals surface area (Å²) < 4.78 is 0.862. The fourth-order valence-electron chi connectivity index (χ4n) is 2.59. The van der Waals surface area contributed by atoms with Crippen molar-refractivity contribution in [3.05, 3.63) is 33.3 Å². The van der Waals surface area contributed by atoms with E-state index in [-0.39, 0.29) is 10.9 Å². The number of aliphatic imine (C=N–C) groups is 2. The van der Waals surface area contributed by atoms with E-state index in [1.807, 2.05) is 11.4 Å². The molecule has 0 aliphatic carbocycles. The van der Waals surface area contributed by atoms with Gasteiger partial charge in [0, 0.05) is 38.6 Å². The Hall–Kier alpha value is -1.90. The molecule has 2 aromatic heterocycles. The van der Waals surface area contributed by atoms with Crippen LogP contribution in [-0.2, 0) is 0 Å². The largest absolute Gasteiger partial charge is 0.345 e. The van der Waals surface area contributed by atoms with Gasteiger partial charge in [0.25, 0.3) is 4.74 Å². The van der Waals surface area contributed by atoms with E-state index in [9.17, 15) is 4.79 Å². The highest BCUT2D eigenvalue weighted by molar-refractivity contribution is 7.21. The van der Waals surface area contributed by atoms with Gasteiger partial charge in [0.1, 0.15) is 4.70 Å². The first kappa shape index (κ1) is 16.9. The van der Waals surface area contributed by atoms with Crippen molar-refractivity contribution in [2.24, 2.45) is 9.98 Å². The third-order valence-corrected chi connectivity index (χ3v) is 5.88. The summed E-state index contributed by atoms with van der Waals surface area (Å²) in [7, 11) is 0. The first-order chi connectivity index (χ1) is 11.7. The maximum Gasteiger partial charge on any atom is 0.255 e. The minimum atomic E-state index is 0.105. The lowest BCUT2D eigenvalue weighted by molar-refractivity contribution is 0.203. The van der Waals surface area contributed by atoms with Crippen LogP contribution in [0.1, 0.15) is 6.92 Å². The van der Waals surface area contributed by atoms with E-state index in [2.05, 4.69) is 38.4 Å². The van der Waals surface area contributed by atoms with Crippen molar-refractivity contribution in [1.29, 1.82) is 0 Å². The van der Waals surface area contributed by atoms with Gasteiger partial charge in [0.15, 0.2) is 5.13 Å². The van der Waals surface area contributed by atoms with Crippen molar-refractivity contribution in [3.8, 4) is 0 Å². The van der Waals surface area contributed by atoms with Crippen molar-refractivity contribution < 1.29 is 0 Å². The van der Waals surface area contributed by atoms with Gasteiger partial charge in [0.05, 0.1) is 11.7 Å². The van der Waals surface area contributed by atoms with Gasteiger partial charge in [-0.25, -0.2) is 4.98 Å². The standard InChI is InChI=1S/C16H19N5OS2/c1-12(18-6-3-5-17-2)20-7-9-21(10-8-20)16-19-13-4-11-23-14(13)15(22)24-16/h3-6,11-12H,2,7-10H2,1H3/b5-3-,18-6?. The molecule has 1 fully saturated rings. The average molecular weight is 361 g/mol. The van der Waals surface area contributed by atoms with Gasteiger partial charge in [-0.05, 0) is 31.2 Å². The Morgan fingerprint density at radius 2 is 2.17 bits per heavy atom. The number of nitrogens with zero attached hydrogens (tertiary/aromatic N) is 5. The molecule has 0 aromatic carbocycles. The molecule has 0 amide bonds. The minimum absolute atomic E-state index is 0.105. The van der Waals surface area contributed by atoms with Gasteiger partial charge in [-0.1, -0.05) is 11.3 Å². The van der Waals surface area contributed by atoms with E-state index >= 15 is 0 Å². The third-order valence-electron chi connectivity index (χ3n) is 3.92. The Labute approximate surface area is 148 Å². The first-order valence-electron chi connectivity index (χ1n) is 7.70. The number of rotatable bonds is 5. The van der Waals surface area contributed by atoms with Crippen LogP contribution in [0.25, 0.3) is 10.2 Å². The van der Waals surface area contributed by atoms with E-state index in [1.165, 1.54) is 22.7 Å². The van der Waals surface area contributed by atoms with E-state index in [0.717, 1.165) is 41.5 Å². The lowest BCUT2D eigenvalue weighted by Gasteiger charge is -2.36. The van der Waals surface area contributed by atoms with Crippen LogP contribution in [0.4, 0.5) is 5.13 Å². The molecule has 8 heteroatoms. The molecule has 1 saturated heterocycles. The van der Waals surface area contributed by atoms with Gasteiger partial charge in [-0.3, -0.25) is 19.7 Å². The molecular formula is C16H19N5OS2. The SMILES string of the molecule is C=N/C=C\C=NC(C)N1CCN(c2nc3ccsc3c(=O)s2)CC1. The number of aromatic nitrogens is 1. The van der Waals surface area contributed by atoms with Crippen LogP contribution in [0.5, 0.6) is 0 Å². The first-order valence-corrected chi connectivity index (χ1v) is 9.40. The topological polar surface area (TPSA) is 61.2 Å². The zero-order valence-electron chi connectivity index (χ0n) is 13.5. The van der Waals surface area contributed by atoms with Crippen LogP contribution in [0.2, 0.25) is 0 Å². The summed E-state index contributed by atoms with van der Waals surface area (Å²) in [6, 6.07) is 1.91. The smallest absolute Gasteiger partial charge is 0.255 e. The Bertz CT molecular complexity index is 817. The van der Waals surface area contributed by atoms with Gasteiger partial charge in [0.2, 0.25) is 0 Å². The highest BCUT2D eigenvalue weighted by atomic mass is 32.1. The third kappa shape index (κ3) is 3.77. The predicted octanol–water partition coefficient (Wildman–Crippen LogP) is 2.47. The Morgan fingerprint density at radius 1 is 1.38 bits per heavy atom. The van der Waals surface area contributed by atoms with E-state index < -0.39 is 0 Å². The van der Waals surface area contributed by atoms with Crippen LogP contribution in [0, 0.1) is 0 Å². The highest BCUT2D eigenvalue weighted by Gasteiger charge is 2.22. The molecule has 3 heterocycles. The van der Waals surface area contributed by atoms with E-state index in [0.29, 0.717) is 0 Å². The lowest BCUT2D eigenvalue weighted by Crippen LogP contribution is -2.49. The molecule has 1 aliphatic rings. The molecule has 1 unspecified atom stereocenters. The second-order valence-corrected chi connectivity index (χ2v) is 7.25. The van der Waals surface area contributed by atoms with Crippen LogP contribution < -0.4 is 9.64 Å². The van der Waals surface area contributed by atoms with Crippen molar-refractivity contribution >= 4 is 51.0 Å². The summed E-state index contributed by atoms with van der Waals surface area (Å²) in [6.07, 6.45) is 5.26. The van der Waals surface area contributed by atoms with Crippen molar-refractivity contribution in [1.82, 2.24) is 9.88 Å². The number of allylic oxidation sites excluding steroid dienone is 1. The normalized spacial score (nSPS) is 18.0. The average Bonchev–Trinajstić information content (AvgIpc) is 3.08. The summed E-state index contributed by atoms with van der Waals surface area (Å²) in [4.78, 5) is 29.4. The van der Waals surface area contributed by atoms with Crippen molar-refractivity contribution in [2.45, 2.75) is 13.1 Å². The number of piperazine rings is 1. The minimum Gasteiger partial charge on any atom is -0.345 e. The van der Waals surface area contributed by atoms with Gasteiger partial charge in [-0.15, -0.1) is 11.3 Å². The molecule has 1 aliphatic heterocycles. The molecule has 0 N–H and O–H groups in total. The zero-order chi connectivity index (χ0) is 16.9. The fourth-order valence-corrected chi connectivity index (χ4v) is 4.34. The van der Waals surface area contributed by atoms with Gasteiger partial charge >= 0.3 is 0 Å². The van der Waals surface area contributed by atoms with Crippen molar-refractivity contribution in [2.75, 3.05) is 31.1 Å².